The van der Waals surface area contributed by atoms with Gasteiger partial charge in [0.05, 0.1) is 17.8 Å². The predicted octanol–water partition coefficient (Wildman–Crippen LogP) is 0.891. The first-order valence-corrected chi connectivity index (χ1v) is 15.6. The molecule has 254 valence electrons. The number of aliphatic hydroxyl groups is 4. The number of Topliss-reactive ketones (excluding diaryl/α,β-unsaturated/α-hetero) is 2. The van der Waals surface area contributed by atoms with Crippen LogP contribution in [-0.4, -0.2) is 99.4 Å². The molecule has 2 saturated carbocycles. The number of ketones is 2. The first-order chi connectivity index (χ1) is 23.4. The number of carbonyl (C=O) groups excluding carboxylic acids is 3. The van der Waals surface area contributed by atoms with Crippen molar-refractivity contribution < 1.29 is 58.9 Å². The summed E-state index contributed by atoms with van der Waals surface area (Å²) < 4.78 is 22.4. The number of nitrogens with two attached hydrogens (primary N) is 1. The van der Waals surface area contributed by atoms with E-state index in [0.29, 0.717) is 45.3 Å². The van der Waals surface area contributed by atoms with Gasteiger partial charge in [0, 0.05) is 34.6 Å². The van der Waals surface area contributed by atoms with E-state index in [1.54, 1.807) is 42.5 Å². The molecule has 14 nitrogen and oxygen atoms in total. The van der Waals surface area contributed by atoms with Crippen LogP contribution in [0, 0.1) is 17.8 Å². The van der Waals surface area contributed by atoms with Crippen molar-refractivity contribution in [1.82, 2.24) is 4.90 Å². The lowest BCUT2D eigenvalue weighted by atomic mass is 9.53. The Bertz CT molecular complexity index is 2020. The fourth-order valence-electron chi connectivity index (χ4n) is 8.35. The van der Waals surface area contributed by atoms with Crippen molar-refractivity contribution in [3.63, 3.8) is 0 Å². The highest BCUT2D eigenvalue weighted by Crippen LogP contribution is 2.56. The molecule has 2 fully saturated rings. The van der Waals surface area contributed by atoms with Crippen molar-refractivity contribution in [2.24, 2.45) is 23.5 Å². The van der Waals surface area contributed by atoms with Crippen LogP contribution in [0.4, 0.5) is 0 Å². The number of phenols is 1. The highest BCUT2D eigenvalue weighted by molar-refractivity contribution is 6.25. The number of hydrogen-bond acceptors (Lipinski definition) is 13. The first kappa shape index (κ1) is 31.1. The average Bonchev–Trinajstić information content (AvgIpc) is 3.74. The van der Waals surface area contributed by atoms with Crippen LogP contribution in [0.2, 0.25) is 0 Å². The third-order valence-electron chi connectivity index (χ3n) is 10.5. The second-order valence-corrected chi connectivity index (χ2v) is 13.2. The van der Waals surface area contributed by atoms with E-state index in [1.807, 2.05) is 0 Å². The van der Waals surface area contributed by atoms with Gasteiger partial charge in [0.2, 0.25) is 25.3 Å². The Morgan fingerprint density at radius 1 is 0.898 bits per heavy atom. The smallest absolute Gasteiger partial charge is 0.231 e. The quantitative estimate of drug-likeness (QED) is 0.213. The molecule has 0 radical (unpaired) electrons. The van der Waals surface area contributed by atoms with Gasteiger partial charge in [-0.2, -0.15) is 0 Å². The molecule has 3 aliphatic carbocycles. The molecule has 8 rings (SSSR count). The zero-order valence-corrected chi connectivity index (χ0v) is 26.2. The number of aliphatic hydroxyl groups excluding tert-OH is 3. The number of hydrogen-bond donors (Lipinski definition) is 6. The number of phenolic OH excluding ortho intramolecular Hbond substituents is 1. The monoisotopic (exact) mass is 672 g/mol. The van der Waals surface area contributed by atoms with Gasteiger partial charge in [0.25, 0.3) is 0 Å². The van der Waals surface area contributed by atoms with Crippen LogP contribution >= 0.6 is 0 Å². The number of likely N-dealkylation sites (N-methyl/N-ethyl adjacent to an activating group) is 1. The lowest BCUT2D eigenvalue weighted by Gasteiger charge is -2.55. The van der Waals surface area contributed by atoms with Crippen molar-refractivity contribution in [1.29, 1.82) is 0 Å². The summed E-state index contributed by atoms with van der Waals surface area (Å²) in [7, 11) is 3.01. The molecule has 3 aromatic rings. The molecule has 7 N–H and O–H groups in total. The number of amides is 1. The van der Waals surface area contributed by atoms with Crippen LogP contribution in [0.25, 0.3) is 28.0 Å². The molecule has 0 aromatic heterocycles. The van der Waals surface area contributed by atoms with Crippen molar-refractivity contribution in [3.8, 4) is 51.0 Å². The van der Waals surface area contributed by atoms with Gasteiger partial charge >= 0.3 is 0 Å². The van der Waals surface area contributed by atoms with Gasteiger partial charge in [0.15, 0.2) is 34.4 Å². The Balaban J connectivity index is 1.38. The Hall–Kier alpha value is -5.15. The summed E-state index contributed by atoms with van der Waals surface area (Å²) in [4.78, 5) is 42.0. The molecule has 3 aromatic carbocycles. The van der Waals surface area contributed by atoms with Crippen LogP contribution in [0.1, 0.15) is 11.1 Å². The van der Waals surface area contributed by atoms with E-state index in [9.17, 15) is 39.9 Å². The molecular weight excluding hydrogens is 640 g/mol. The van der Waals surface area contributed by atoms with Crippen molar-refractivity contribution in [2.45, 2.75) is 30.3 Å². The number of primary amides is 1. The number of rotatable bonds is 4. The summed E-state index contributed by atoms with van der Waals surface area (Å²) in [6.07, 6.45) is -3.58. The van der Waals surface area contributed by atoms with Crippen molar-refractivity contribution in [2.75, 3.05) is 27.7 Å². The third-order valence-corrected chi connectivity index (χ3v) is 10.5. The molecule has 5 aliphatic rings. The van der Waals surface area contributed by atoms with Crippen molar-refractivity contribution >= 4 is 23.2 Å². The van der Waals surface area contributed by atoms with E-state index in [2.05, 4.69) is 0 Å². The summed E-state index contributed by atoms with van der Waals surface area (Å²) in [6.45, 7) is -0.0356. The maximum atomic E-state index is 14.4. The highest BCUT2D eigenvalue weighted by Gasteiger charge is 2.70. The molecule has 2 aliphatic heterocycles. The van der Waals surface area contributed by atoms with Crippen LogP contribution < -0.4 is 24.7 Å². The van der Waals surface area contributed by atoms with Crippen LogP contribution in [0.15, 0.2) is 48.0 Å². The topological polar surface area (TPSA) is 219 Å². The van der Waals surface area contributed by atoms with Gasteiger partial charge in [-0.3, -0.25) is 14.4 Å². The Labute approximate surface area is 278 Å². The second kappa shape index (κ2) is 10.7. The zero-order valence-electron chi connectivity index (χ0n) is 26.2. The molecule has 2 heterocycles. The number of nitrogens with zero attached hydrogens (tertiary/aromatic N) is 1. The van der Waals surface area contributed by atoms with Crippen LogP contribution in [-0.2, 0) is 20.8 Å². The fourth-order valence-corrected chi connectivity index (χ4v) is 8.35. The summed E-state index contributed by atoms with van der Waals surface area (Å²) in [5, 5.41) is 59.2. The normalized spacial score (nSPS) is 29.5. The number of carbonyl (C=O) groups is 3. The van der Waals surface area contributed by atoms with Gasteiger partial charge in [-0.15, -0.1) is 0 Å². The molecule has 49 heavy (non-hydrogen) atoms. The van der Waals surface area contributed by atoms with Gasteiger partial charge in [0.1, 0.15) is 17.4 Å². The first-order valence-electron chi connectivity index (χ1n) is 15.6. The van der Waals surface area contributed by atoms with E-state index in [-0.39, 0.29) is 31.1 Å². The summed E-state index contributed by atoms with van der Waals surface area (Å²) in [5.74, 6) is -8.11. The molecule has 7 atom stereocenters. The maximum absolute atomic E-state index is 14.4. The summed E-state index contributed by atoms with van der Waals surface area (Å²) >= 11 is 0. The fraction of sp³-hybridized carbons (Fsp3) is 0.343. The van der Waals surface area contributed by atoms with Crippen molar-refractivity contribution in [3.05, 3.63) is 59.2 Å². The number of benzene rings is 3. The number of para-hydroxylation sites is 1. The van der Waals surface area contributed by atoms with Gasteiger partial charge in [-0.05, 0) is 61.5 Å². The minimum absolute atomic E-state index is 0.0208. The maximum Gasteiger partial charge on any atom is 0.231 e. The Morgan fingerprint density at radius 3 is 2.35 bits per heavy atom. The predicted molar refractivity (Wildman–Crippen MR) is 169 cm³/mol. The minimum Gasteiger partial charge on any atom is -0.507 e. The average molecular weight is 673 g/mol. The number of fused-ring (bicyclic) bond motifs is 5. The molecular formula is C35H32N2O12. The molecule has 0 saturated heterocycles. The molecule has 14 heteroatoms. The standard InChI is InChI=1S/C35H32N2O12/c1-37(2)26-25-28(39)18-10-16-15(13-6-7-19-21(8-13)48-11-46-19)9-17(14-4-3-5-20-31(14)49-12-47-20)27(38)22(16)29(40)23(18)32(42)35(25,45)33(43)24(30(26)41)34(36)44/h3-9,18,24-26,28,30,38-41,45H,10-12H2,1-2H3,(H2,36,44)/t18-,24?,25-,26+,28+,30?,35+/m0/s1. The zero-order chi connectivity index (χ0) is 34.7. The Kier molecular flexibility index (Phi) is 6.78. The van der Waals surface area contributed by atoms with E-state index < -0.39 is 76.2 Å². The third kappa shape index (κ3) is 4.11. The highest BCUT2D eigenvalue weighted by atomic mass is 16.7. The molecule has 0 spiro atoms. The van der Waals surface area contributed by atoms with E-state index in [0.717, 1.165) is 0 Å². The molecule has 1 amide bonds. The minimum atomic E-state index is -3.04. The summed E-state index contributed by atoms with van der Waals surface area (Å²) in [6, 6.07) is 10.7. The van der Waals surface area contributed by atoms with Gasteiger partial charge < -0.3 is 55.1 Å². The van der Waals surface area contributed by atoms with E-state index >= 15 is 0 Å². The SMILES string of the molecule is CN(C)[C@H]1C(O)C(C(N)=O)C(=O)[C@]2(O)C(=O)C3=C(O)c4c(O)c(-c5cccc6c5OCO6)cc(-c5ccc6c(c5)OCO6)c4C[C@@H]3[C@@H](O)[C@H]12. The van der Waals surface area contributed by atoms with Crippen LogP contribution in [0.5, 0.6) is 28.7 Å². The largest absolute Gasteiger partial charge is 0.507 e. The van der Waals surface area contributed by atoms with E-state index in [1.165, 1.54) is 19.0 Å². The second-order valence-electron chi connectivity index (χ2n) is 13.2. The number of ether oxygens (including phenoxy) is 4. The van der Waals surface area contributed by atoms with Crippen LogP contribution in [0.3, 0.4) is 0 Å². The molecule has 0 bridgehead atoms. The van der Waals surface area contributed by atoms with Gasteiger partial charge in [-0.25, -0.2) is 0 Å². The Morgan fingerprint density at radius 2 is 1.61 bits per heavy atom. The van der Waals surface area contributed by atoms with E-state index in [4.69, 9.17) is 24.7 Å². The lowest BCUT2D eigenvalue weighted by molar-refractivity contribution is -0.198. The van der Waals surface area contributed by atoms with Gasteiger partial charge in [-0.1, -0.05) is 18.2 Å². The summed E-state index contributed by atoms with van der Waals surface area (Å²) in [5.41, 5.74) is 3.86. The number of aromatic hydroxyl groups is 1. The lowest BCUT2D eigenvalue weighted by Crippen LogP contribution is -2.76. The molecule has 2 unspecified atom stereocenters.